The molecule has 4 atom stereocenters. The number of benzene rings is 1. The summed E-state index contributed by atoms with van der Waals surface area (Å²) in [7, 11) is 0. The van der Waals surface area contributed by atoms with E-state index in [-0.39, 0.29) is 29.2 Å². The molecule has 6 nitrogen and oxygen atoms in total. The normalized spacial score (nSPS) is 26.0. The minimum Gasteiger partial charge on any atom is -0.481 e. The Hall–Kier alpha value is -2.63. The smallest absolute Gasteiger partial charge is 0.307 e. The highest BCUT2D eigenvalue weighted by molar-refractivity contribution is 5.98. The van der Waals surface area contributed by atoms with Crippen molar-refractivity contribution >= 4 is 23.5 Å². The molecule has 27 heavy (non-hydrogen) atoms. The predicted octanol–water partition coefficient (Wildman–Crippen LogP) is 3.07. The van der Waals surface area contributed by atoms with Crippen LogP contribution in [0.1, 0.15) is 44.0 Å². The van der Waals surface area contributed by atoms with Crippen molar-refractivity contribution in [3.8, 4) is 0 Å². The number of carbonyl (C=O) groups excluding carboxylic acids is 2. The molecular formula is C21H26N2O4. The van der Waals surface area contributed by atoms with Crippen LogP contribution < -0.4 is 10.6 Å². The van der Waals surface area contributed by atoms with Gasteiger partial charge in [0.15, 0.2) is 0 Å². The van der Waals surface area contributed by atoms with Crippen LogP contribution in [0.2, 0.25) is 0 Å². The van der Waals surface area contributed by atoms with Crippen LogP contribution in [0, 0.1) is 23.7 Å². The maximum atomic E-state index is 12.7. The number of fused-ring (bicyclic) bond motifs is 2. The first-order valence-electron chi connectivity index (χ1n) is 9.36. The Morgan fingerprint density at radius 1 is 1.07 bits per heavy atom. The summed E-state index contributed by atoms with van der Waals surface area (Å²) in [5.41, 5.74) is 0.786. The molecule has 1 aromatic rings. The number of anilines is 1. The fraction of sp³-hybridized carbons (Fsp3) is 0.476. The van der Waals surface area contributed by atoms with E-state index in [1.54, 1.807) is 24.3 Å². The van der Waals surface area contributed by atoms with E-state index in [4.69, 9.17) is 0 Å². The lowest BCUT2D eigenvalue weighted by molar-refractivity contribution is -0.146. The molecule has 0 aliphatic heterocycles. The number of amides is 2. The highest BCUT2D eigenvalue weighted by Gasteiger charge is 2.51. The molecule has 0 radical (unpaired) electrons. The fourth-order valence-electron chi connectivity index (χ4n) is 3.91. The Morgan fingerprint density at radius 3 is 2.22 bits per heavy atom. The van der Waals surface area contributed by atoms with E-state index in [0.29, 0.717) is 11.3 Å². The van der Waals surface area contributed by atoms with Gasteiger partial charge in [-0.25, -0.2) is 0 Å². The molecule has 1 saturated carbocycles. The highest BCUT2D eigenvalue weighted by Crippen LogP contribution is 2.48. The minimum atomic E-state index is -0.919. The van der Waals surface area contributed by atoms with Crippen molar-refractivity contribution in [2.75, 3.05) is 5.32 Å². The van der Waals surface area contributed by atoms with Crippen molar-refractivity contribution in [1.82, 2.24) is 5.32 Å². The molecule has 0 heterocycles. The molecule has 1 aromatic carbocycles. The Morgan fingerprint density at radius 2 is 1.67 bits per heavy atom. The second-order valence-corrected chi connectivity index (χ2v) is 8.10. The zero-order valence-electron chi connectivity index (χ0n) is 15.9. The van der Waals surface area contributed by atoms with Crippen molar-refractivity contribution in [2.24, 2.45) is 23.7 Å². The first-order valence-corrected chi connectivity index (χ1v) is 9.36. The van der Waals surface area contributed by atoms with Crippen LogP contribution in [-0.4, -0.2) is 28.4 Å². The van der Waals surface area contributed by atoms with E-state index < -0.39 is 17.8 Å². The van der Waals surface area contributed by atoms with E-state index in [2.05, 4.69) is 10.6 Å². The van der Waals surface area contributed by atoms with Crippen LogP contribution in [-0.2, 0) is 9.59 Å². The molecule has 2 aliphatic carbocycles. The topological polar surface area (TPSA) is 95.5 Å². The molecule has 2 bridgehead atoms. The number of carboxylic acids is 1. The maximum Gasteiger partial charge on any atom is 0.307 e. The summed E-state index contributed by atoms with van der Waals surface area (Å²) in [6.07, 6.45) is 5.41. The molecule has 0 saturated heterocycles. The van der Waals surface area contributed by atoms with E-state index in [1.165, 1.54) is 0 Å². The van der Waals surface area contributed by atoms with Crippen LogP contribution in [0.5, 0.6) is 0 Å². The number of aliphatic carboxylic acids is 1. The summed E-state index contributed by atoms with van der Waals surface area (Å²) in [5.74, 6) is -2.65. The standard InChI is InChI=1S/C21H26N2O4/c1-4-21(2,3)23-18(24)12-7-9-15(10-8-12)22-19(25)16-13-5-6-14(11-13)17(16)20(26)27/h5-10,13-14,16-17H,4,11H2,1-3H3,(H,22,25)(H,23,24)(H,26,27)/t13-,14-,16-,17-/m0/s1. The van der Waals surface area contributed by atoms with Gasteiger partial charge in [-0.05, 0) is 62.8 Å². The van der Waals surface area contributed by atoms with Gasteiger partial charge in [-0.15, -0.1) is 0 Å². The lowest BCUT2D eigenvalue weighted by atomic mass is 9.82. The quantitative estimate of drug-likeness (QED) is 0.671. The summed E-state index contributed by atoms with van der Waals surface area (Å²) in [6.45, 7) is 5.93. The lowest BCUT2D eigenvalue weighted by Crippen LogP contribution is -2.42. The number of allylic oxidation sites excluding steroid dienone is 2. The van der Waals surface area contributed by atoms with E-state index >= 15 is 0 Å². The van der Waals surface area contributed by atoms with Crippen molar-refractivity contribution in [2.45, 2.75) is 39.2 Å². The Balaban J connectivity index is 1.66. The number of hydrogen-bond donors (Lipinski definition) is 3. The molecule has 1 fully saturated rings. The van der Waals surface area contributed by atoms with E-state index in [9.17, 15) is 19.5 Å². The van der Waals surface area contributed by atoms with Gasteiger partial charge >= 0.3 is 5.97 Å². The Labute approximate surface area is 159 Å². The van der Waals surface area contributed by atoms with Crippen molar-refractivity contribution in [3.63, 3.8) is 0 Å². The van der Waals surface area contributed by atoms with Crippen LogP contribution in [0.15, 0.2) is 36.4 Å². The third-order valence-electron chi connectivity index (χ3n) is 5.80. The molecule has 0 aromatic heterocycles. The number of nitrogens with one attached hydrogen (secondary N) is 2. The van der Waals surface area contributed by atoms with Gasteiger partial charge in [-0.1, -0.05) is 19.1 Å². The first kappa shape index (κ1) is 19.1. The summed E-state index contributed by atoms with van der Waals surface area (Å²) in [6, 6.07) is 6.66. The molecule has 2 aliphatic rings. The molecule has 0 spiro atoms. The maximum absolute atomic E-state index is 12.7. The zero-order valence-corrected chi connectivity index (χ0v) is 15.9. The van der Waals surface area contributed by atoms with Gasteiger partial charge in [0.2, 0.25) is 5.91 Å². The van der Waals surface area contributed by atoms with Crippen molar-refractivity contribution < 1.29 is 19.5 Å². The third-order valence-corrected chi connectivity index (χ3v) is 5.80. The molecule has 2 amide bonds. The van der Waals surface area contributed by atoms with Gasteiger partial charge in [0, 0.05) is 16.8 Å². The van der Waals surface area contributed by atoms with Crippen molar-refractivity contribution in [1.29, 1.82) is 0 Å². The number of carboxylic acid groups (broad SMARTS) is 1. The van der Waals surface area contributed by atoms with Gasteiger partial charge in [0.25, 0.3) is 5.91 Å². The monoisotopic (exact) mass is 370 g/mol. The average molecular weight is 370 g/mol. The predicted molar refractivity (Wildman–Crippen MR) is 102 cm³/mol. The molecule has 3 rings (SSSR count). The van der Waals surface area contributed by atoms with Crippen LogP contribution in [0.3, 0.4) is 0 Å². The van der Waals surface area contributed by atoms with Crippen molar-refractivity contribution in [3.05, 3.63) is 42.0 Å². The second kappa shape index (κ2) is 7.18. The molecule has 6 heteroatoms. The van der Waals surface area contributed by atoms with E-state index in [0.717, 1.165) is 12.8 Å². The van der Waals surface area contributed by atoms with Crippen LogP contribution in [0.25, 0.3) is 0 Å². The molecule has 3 N–H and O–H groups in total. The van der Waals surface area contributed by atoms with Gasteiger partial charge < -0.3 is 15.7 Å². The number of rotatable bonds is 6. The fourth-order valence-corrected chi connectivity index (χ4v) is 3.91. The summed E-state index contributed by atoms with van der Waals surface area (Å²) in [5, 5.41) is 15.2. The average Bonchev–Trinajstić information content (AvgIpc) is 3.23. The third kappa shape index (κ3) is 3.89. The van der Waals surface area contributed by atoms with Gasteiger partial charge in [0.1, 0.15) is 0 Å². The second-order valence-electron chi connectivity index (χ2n) is 8.10. The minimum absolute atomic E-state index is 0.0163. The van der Waals surface area contributed by atoms with E-state index in [1.807, 2.05) is 32.9 Å². The molecule has 0 unspecified atom stereocenters. The summed E-state index contributed by atoms with van der Waals surface area (Å²) >= 11 is 0. The zero-order chi connectivity index (χ0) is 19.8. The van der Waals surface area contributed by atoms with Gasteiger partial charge in [-0.2, -0.15) is 0 Å². The highest BCUT2D eigenvalue weighted by atomic mass is 16.4. The Bertz CT molecular complexity index is 782. The lowest BCUT2D eigenvalue weighted by Gasteiger charge is -2.25. The first-order chi connectivity index (χ1) is 12.7. The molecule has 144 valence electrons. The van der Waals surface area contributed by atoms with Gasteiger partial charge in [-0.3, -0.25) is 14.4 Å². The number of hydrogen-bond acceptors (Lipinski definition) is 3. The summed E-state index contributed by atoms with van der Waals surface area (Å²) < 4.78 is 0. The van der Waals surface area contributed by atoms with Crippen LogP contribution >= 0.6 is 0 Å². The molecular weight excluding hydrogens is 344 g/mol. The summed E-state index contributed by atoms with van der Waals surface area (Å²) in [4.78, 5) is 36.5. The number of carbonyl (C=O) groups is 3. The van der Waals surface area contributed by atoms with Gasteiger partial charge in [0.05, 0.1) is 11.8 Å². The largest absolute Gasteiger partial charge is 0.481 e. The SMILES string of the molecule is CCC(C)(C)NC(=O)c1ccc(NC(=O)[C@@H]2[C@@H](C(=O)O)[C@H]3C=C[C@H]2C3)cc1. The van der Waals surface area contributed by atoms with Crippen LogP contribution in [0.4, 0.5) is 5.69 Å². The Kier molecular flexibility index (Phi) is 5.09.